The van der Waals surface area contributed by atoms with E-state index >= 15 is 0 Å². The Balaban J connectivity index is 1.75. The Morgan fingerprint density at radius 2 is 1.64 bits per heavy atom. The van der Waals surface area contributed by atoms with Crippen LogP contribution in [0.1, 0.15) is 27.9 Å². The summed E-state index contributed by atoms with van der Waals surface area (Å²) < 4.78 is 28.8. The van der Waals surface area contributed by atoms with Crippen molar-refractivity contribution in [3.63, 3.8) is 0 Å². The van der Waals surface area contributed by atoms with E-state index in [-0.39, 0.29) is 0 Å². The maximum Gasteiger partial charge on any atom is 0.243 e. The lowest BCUT2D eigenvalue weighted by molar-refractivity contribution is 0.431. The summed E-state index contributed by atoms with van der Waals surface area (Å²) in [6.45, 7) is 6.68. The molecule has 1 aliphatic heterocycles. The molecule has 4 nitrogen and oxygen atoms in total. The number of nitrogens with zero attached hydrogens (tertiary/aromatic N) is 2. The predicted molar refractivity (Wildman–Crippen MR) is 114 cm³/mol. The quantitative estimate of drug-likeness (QED) is 0.547. The van der Waals surface area contributed by atoms with Crippen molar-refractivity contribution >= 4 is 26.0 Å². The summed E-state index contributed by atoms with van der Waals surface area (Å²) in [6, 6.07) is 15.1. The average molecular weight is 457 g/mol. The molecule has 0 saturated carbocycles. The number of hydrogen-bond donors (Lipinski definition) is 0. The first-order valence-corrected chi connectivity index (χ1v) is 11.3. The number of aromatic nitrogens is 1. The van der Waals surface area contributed by atoms with Gasteiger partial charge in [-0.05, 0) is 61.7 Å². The van der Waals surface area contributed by atoms with Crippen molar-refractivity contribution in [2.45, 2.75) is 38.8 Å². The molecule has 0 radical (unpaired) electrons. The zero-order chi connectivity index (χ0) is 20.1. The fourth-order valence-corrected chi connectivity index (χ4v) is 5.46. The van der Waals surface area contributed by atoms with Crippen LogP contribution in [0.3, 0.4) is 0 Å². The molecule has 1 aromatic heterocycles. The fourth-order valence-electron chi connectivity index (χ4n) is 3.69. The second-order valence-electron chi connectivity index (χ2n) is 7.22. The smallest absolute Gasteiger partial charge is 0.243 e. The fraction of sp³-hybridized carbons (Fsp3) is 0.227. The second kappa shape index (κ2) is 7.10. The molecule has 2 aromatic carbocycles. The Morgan fingerprint density at radius 3 is 2.32 bits per heavy atom. The molecule has 144 valence electrons. The van der Waals surface area contributed by atoms with Crippen LogP contribution in [0.15, 0.2) is 57.9 Å². The molecule has 0 N–H and O–H groups in total. The number of pyridine rings is 1. The van der Waals surface area contributed by atoms with Crippen molar-refractivity contribution in [3.8, 4) is 11.3 Å². The summed E-state index contributed by atoms with van der Waals surface area (Å²) in [5.41, 5.74) is 6.99. The average Bonchev–Trinajstić information content (AvgIpc) is 3.12. The third-order valence-electron chi connectivity index (χ3n) is 5.31. The Morgan fingerprint density at radius 1 is 0.964 bits per heavy atom. The SMILES string of the molecule is Cc1ccc(S(=O)(=O)N2Cc3c(C)nc(-c4cccc(Br)c4)c(C)c3C2)cc1. The Labute approximate surface area is 174 Å². The highest BCUT2D eigenvalue weighted by Gasteiger charge is 2.33. The van der Waals surface area contributed by atoms with Crippen LogP contribution in [0, 0.1) is 20.8 Å². The van der Waals surface area contributed by atoms with Gasteiger partial charge in [-0.3, -0.25) is 4.98 Å². The number of sulfonamides is 1. The lowest BCUT2D eigenvalue weighted by atomic mass is 9.98. The third kappa shape index (κ3) is 3.30. The van der Waals surface area contributed by atoms with Crippen LogP contribution in [0.25, 0.3) is 11.3 Å². The number of rotatable bonds is 3. The van der Waals surface area contributed by atoms with Crippen LogP contribution in [0.2, 0.25) is 0 Å². The first-order chi connectivity index (χ1) is 13.3. The maximum atomic E-state index is 13.1. The molecule has 0 atom stereocenters. The topological polar surface area (TPSA) is 50.3 Å². The van der Waals surface area contributed by atoms with Crippen LogP contribution >= 0.6 is 15.9 Å². The molecule has 0 aliphatic carbocycles. The number of aryl methyl sites for hydroxylation is 2. The van der Waals surface area contributed by atoms with Crippen molar-refractivity contribution in [3.05, 3.63) is 81.0 Å². The molecular formula is C22H21BrN2O2S. The normalized spacial score (nSPS) is 14.3. The lowest BCUT2D eigenvalue weighted by Crippen LogP contribution is -2.25. The zero-order valence-corrected chi connectivity index (χ0v) is 18.4. The van der Waals surface area contributed by atoms with Gasteiger partial charge in [0.2, 0.25) is 10.0 Å². The van der Waals surface area contributed by atoms with E-state index in [4.69, 9.17) is 4.98 Å². The molecule has 2 heterocycles. The summed E-state index contributed by atoms with van der Waals surface area (Å²) in [6.07, 6.45) is 0. The molecule has 4 rings (SSSR count). The molecule has 0 fully saturated rings. The molecule has 0 unspecified atom stereocenters. The van der Waals surface area contributed by atoms with Gasteiger partial charge in [0.15, 0.2) is 0 Å². The maximum absolute atomic E-state index is 13.1. The number of halogens is 1. The second-order valence-corrected chi connectivity index (χ2v) is 10.1. The van der Waals surface area contributed by atoms with Crippen molar-refractivity contribution in [2.75, 3.05) is 0 Å². The Kier molecular flexibility index (Phi) is 4.89. The van der Waals surface area contributed by atoms with Gasteiger partial charge in [-0.2, -0.15) is 4.31 Å². The van der Waals surface area contributed by atoms with Gasteiger partial charge in [-0.15, -0.1) is 0 Å². The predicted octanol–water partition coefficient (Wildman–Crippen LogP) is 5.14. The molecular weight excluding hydrogens is 436 g/mol. The zero-order valence-electron chi connectivity index (χ0n) is 16.0. The number of fused-ring (bicyclic) bond motifs is 1. The first-order valence-electron chi connectivity index (χ1n) is 9.09. The molecule has 0 amide bonds. The summed E-state index contributed by atoms with van der Waals surface area (Å²) in [5, 5.41) is 0. The van der Waals surface area contributed by atoms with Crippen LogP contribution in [-0.2, 0) is 23.1 Å². The highest BCUT2D eigenvalue weighted by Crippen LogP contribution is 2.36. The minimum atomic E-state index is -3.54. The van der Waals surface area contributed by atoms with Gasteiger partial charge in [0.25, 0.3) is 0 Å². The highest BCUT2D eigenvalue weighted by molar-refractivity contribution is 9.10. The van der Waals surface area contributed by atoms with E-state index in [1.165, 1.54) is 0 Å². The highest BCUT2D eigenvalue weighted by atomic mass is 79.9. The molecule has 6 heteroatoms. The molecule has 0 spiro atoms. The lowest BCUT2D eigenvalue weighted by Gasteiger charge is -2.16. The van der Waals surface area contributed by atoms with E-state index in [9.17, 15) is 8.42 Å². The molecule has 3 aromatic rings. The summed E-state index contributed by atoms with van der Waals surface area (Å²) in [5.74, 6) is 0. The summed E-state index contributed by atoms with van der Waals surface area (Å²) >= 11 is 3.52. The van der Waals surface area contributed by atoms with Gasteiger partial charge in [-0.25, -0.2) is 8.42 Å². The van der Waals surface area contributed by atoms with E-state index in [2.05, 4.69) is 15.9 Å². The van der Waals surface area contributed by atoms with Crippen LogP contribution < -0.4 is 0 Å². The van der Waals surface area contributed by atoms with E-state index in [1.807, 2.05) is 57.2 Å². The Hall–Kier alpha value is -2.02. The van der Waals surface area contributed by atoms with Gasteiger partial charge < -0.3 is 0 Å². The number of hydrogen-bond acceptors (Lipinski definition) is 3. The van der Waals surface area contributed by atoms with Gasteiger partial charge in [0.1, 0.15) is 0 Å². The largest absolute Gasteiger partial charge is 0.252 e. The van der Waals surface area contributed by atoms with Gasteiger partial charge in [-0.1, -0.05) is 45.8 Å². The molecule has 0 bridgehead atoms. The minimum absolute atomic E-state index is 0.335. The monoisotopic (exact) mass is 456 g/mol. The summed E-state index contributed by atoms with van der Waals surface area (Å²) in [7, 11) is -3.54. The molecule has 28 heavy (non-hydrogen) atoms. The minimum Gasteiger partial charge on any atom is -0.252 e. The van der Waals surface area contributed by atoms with Gasteiger partial charge in [0.05, 0.1) is 10.6 Å². The van der Waals surface area contributed by atoms with Crippen LogP contribution in [0.4, 0.5) is 0 Å². The van der Waals surface area contributed by atoms with Crippen molar-refractivity contribution in [1.82, 2.24) is 9.29 Å². The van der Waals surface area contributed by atoms with E-state index in [0.29, 0.717) is 18.0 Å². The van der Waals surface area contributed by atoms with Crippen LogP contribution in [-0.4, -0.2) is 17.7 Å². The van der Waals surface area contributed by atoms with Crippen molar-refractivity contribution in [1.29, 1.82) is 0 Å². The van der Waals surface area contributed by atoms with E-state index < -0.39 is 10.0 Å². The van der Waals surface area contributed by atoms with Gasteiger partial charge >= 0.3 is 0 Å². The molecule has 1 aliphatic rings. The van der Waals surface area contributed by atoms with Crippen molar-refractivity contribution in [2.24, 2.45) is 0 Å². The summed E-state index contributed by atoms with van der Waals surface area (Å²) in [4.78, 5) is 5.15. The van der Waals surface area contributed by atoms with Crippen molar-refractivity contribution < 1.29 is 8.42 Å². The standard InChI is InChI=1S/C22H21BrN2O2S/c1-14-7-9-19(10-8-14)28(26,27)25-12-20-15(2)22(24-16(3)21(20)13-25)17-5-4-6-18(23)11-17/h4-11H,12-13H2,1-3H3. The van der Waals surface area contributed by atoms with E-state index in [0.717, 1.165) is 43.7 Å². The van der Waals surface area contributed by atoms with Gasteiger partial charge in [0, 0.05) is 28.8 Å². The molecule has 0 saturated heterocycles. The number of benzene rings is 2. The third-order valence-corrected chi connectivity index (χ3v) is 7.61. The first kappa shape index (κ1) is 19.3. The Bertz CT molecular complexity index is 1170. The van der Waals surface area contributed by atoms with Crippen LogP contribution in [0.5, 0.6) is 0 Å². The van der Waals surface area contributed by atoms with E-state index in [1.54, 1.807) is 16.4 Å².